The first-order valence-electron chi connectivity index (χ1n) is 12.6. The molecule has 1 atom stereocenters. The standard InChI is InChI=1S/C27H29F3N2O3S/c28-27(29,30)26(34)35-25(33)21-16-20-24(36-21)22(17-8-3-1-4-9-17)23(18-10-5-2-6-11-18)32(20)15-13-19-12-7-14-31-19/h2,5-6,10-11,16-17,19,31H,1,3-4,7-9,12-15H2. The summed E-state index contributed by atoms with van der Waals surface area (Å²) >= 11 is 1.14. The molecule has 0 bridgehead atoms. The van der Waals surface area contributed by atoms with Crippen LogP contribution in [0.1, 0.15) is 72.5 Å². The van der Waals surface area contributed by atoms with Crippen LogP contribution in [0.25, 0.3) is 21.5 Å². The largest absolute Gasteiger partial charge is 0.491 e. The molecule has 0 radical (unpaired) electrons. The third-order valence-electron chi connectivity index (χ3n) is 7.32. The number of carbonyl (C=O) groups is 2. The summed E-state index contributed by atoms with van der Waals surface area (Å²) in [6.07, 6.45) is 3.46. The van der Waals surface area contributed by atoms with Gasteiger partial charge in [0.25, 0.3) is 0 Å². The van der Waals surface area contributed by atoms with E-state index in [1.807, 2.05) is 18.2 Å². The van der Waals surface area contributed by atoms with E-state index in [0.717, 1.165) is 90.8 Å². The number of rotatable bonds is 6. The summed E-state index contributed by atoms with van der Waals surface area (Å²) in [5, 5.41) is 3.53. The van der Waals surface area contributed by atoms with E-state index >= 15 is 0 Å². The summed E-state index contributed by atoms with van der Waals surface area (Å²) in [5.74, 6) is -3.43. The van der Waals surface area contributed by atoms with Crippen molar-refractivity contribution in [2.75, 3.05) is 6.54 Å². The van der Waals surface area contributed by atoms with E-state index < -0.39 is 18.1 Å². The number of nitrogens with zero attached hydrogens (tertiary/aromatic N) is 1. The highest BCUT2D eigenvalue weighted by atomic mass is 32.1. The van der Waals surface area contributed by atoms with Crippen molar-refractivity contribution >= 4 is 33.5 Å². The first-order valence-corrected chi connectivity index (χ1v) is 13.4. The van der Waals surface area contributed by atoms with E-state index in [1.165, 1.54) is 12.0 Å². The van der Waals surface area contributed by atoms with Crippen molar-refractivity contribution < 1.29 is 27.5 Å². The van der Waals surface area contributed by atoms with E-state index in [2.05, 4.69) is 26.8 Å². The Morgan fingerprint density at radius 1 is 1.06 bits per heavy atom. The predicted molar refractivity (Wildman–Crippen MR) is 133 cm³/mol. The van der Waals surface area contributed by atoms with E-state index in [9.17, 15) is 22.8 Å². The monoisotopic (exact) mass is 518 g/mol. The molecular weight excluding hydrogens is 489 g/mol. The van der Waals surface area contributed by atoms with Gasteiger partial charge < -0.3 is 14.6 Å². The highest BCUT2D eigenvalue weighted by Crippen LogP contribution is 2.47. The molecule has 36 heavy (non-hydrogen) atoms. The molecular formula is C27H29F3N2O3S. The minimum Gasteiger partial charge on any atom is -0.382 e. The molecule has 1 saturated carbocycles. The third-order valence-corrected chi connectivity index (χ3v) is 8.45. The minimum absolute atomic E-state index is 0.0158. The van der Waals surface area contributed by atoms with Gasteiger partial charge in [-0.15, -0.1) is 11.3 Å². The van der Waals surface area contributed by atoms with Gasteiger partial charge in [0.2, 0.25) is 0 Å². The fourth-order valence-corrected chi connectivity index (χ4v) is 6.80. The van der Waals surface area contributed by atoms with Gasteiger partial charge in [0.05, 0.1) is 15.9 Å². The second-order valence-electron chi connectivity index (χ2n) is 9.70. The number of hydrogen-bond acceptors (Lipinski definition) is 5. The predicted octanol–water partition coefficient (Wildman–Crippen LogP) is 6.81. The van der Waals surface area contributed by atoms with E-state index in [0.29, 0.717) is 12.0 Å². The van der Waals surface area contributed by atoms with Crippen molar-refractivity contribution in [3.63, 3.8) is 0 Å². The van der Waals surface area contributed by atoms with Crippen molar-refractivity contribution in [2.24, 2.45) is 0 Å². The molecule has 1 unspecified atom stereocenters. The van der Waals surface area contributed by atoms with Crippen LogP contribution in [0.3, 0.4) is 0 Å². The molecule has 1 aromatic carbocycles. The van der Waals surface area contributed by atoms with Crippen LogP contribution >= 0.6 is 11.3 Å². The van der Waals surface area contributed by atoms with Crippen LogP contribution < -0.4 is 5.32 Å². The van der Waals surface area contributed by atoms with Crippen LogP contribution in [0.4, 0.5) is 13.2 Å². The molecule has 3 aromatic rings. The maximum absolute atomic E-state index is 12.7. The van der Waals surface area contributed by atoms with Crippen molar-refractivity contribution in [1.29, 1.82) is 0 Å². The van der Waals surface area contributed by atoms with Crippen molar-refractivity contribution in [3.8, 4) is 11.3 Å². The Hall–Kier alpha value is -2.65. The maximum atomic E-state index is 12.7. The fourth-order valence-electron chi connectivity index (χ4n) is 5.64. The molecule has 1 saturated heterocycles. The molecule has 5 nitrogen and oxygen atoms in total. The molecule has 1 N–H and O–H groups in total. The molecule has 5 rings (SSSR count). The summed E-state index contributed by atoms with van der Waals surface area (Å²) in [6, 6.07) is 12.2. The van der Waals surface area contributed by atoms with Gasteiger partial charge in [0, 0.05) is 12.6 Å². The van der Waals surface area contributed by atoms with Crippen LogP contribution in [-0.2, 0) is 16.1 Å². The molecule has 0 amide bonds. The molecule has 3 heterocycles. The SMILES string of the molecule is O=C(OC(=O)C(F)(F)F)c1cc2c(s1)c(C1CCCCC1)c(-c1ccccc1)n2CCC1CCCN1. The van der Waals surface area contributed by atoms with Gasteiger partial charge in [-0.3, -0.25) is 0 Å². The van der Waals surface area contributed by atoms with Crippen molar-refractivity contribution in [2.45, 2.75) is 76.0 Å². The van der Waals surface area contributed by atoms with Gasteiger partial charge in [-0.05, 0) is 61.8 Å². The smallest absolute Gasteiger partial charge is 0.382 e. The first-order chi connectivity index (χ1) is 17.3. The van der Waals surface area contributed by atoms with Gasteiger partial charge in [0.15, 0.2) is 0 Å². The lowest BCUT2D eigenvalue weighted by Gasteiger charge is -2.24. The zero-order valence-corrected chi connectivity index (χ0v) is 20.7. The second-order valence-corrected chi connectivity index (χ2v) is 10.7. The summed E-state index contributed by atoms with van der Waals surface area (Å²) < 4.78 is 45.4. The fraction of sp³-hybridized carbons (Fsp3) is 0.481. The van der Waals surface area contributed by atoms with E-state index in [4.69, 9.17) is 0 Å². The lowest BCUT2D eigenvalue weighted by molar-refractivity contribution is -0.193. The Morgan fingerprint density at radius 2 is 1.81 bits per heavy atom. The summed E-state index contributed by atoms with van der Waals surface area (Å²) in [7, 11) is 0. The number of benzene rings is 1. The Balaban J connectivity index is 1.61. The number of halogens is 3. The topological polar surface area (TPSA) is 60.3 Å². The van der Waals surface area contributed by atoms with Gasteiger partial charge >= 0.3 is 18.1 Å². The highest BCUT2D eigenvalue weighted by molar-refractivity contribution is 7.21. The second kappa shape index (κ2) is 10.4. The zero-order chi connectivity index (χ0) is 25.3. The molecule has 2 aromatic heterocycles. The Kier molecular flexibility index (Phi) is 7.21. The third kappa shape index (κ3) is 5.09. The molecule has 2 aliphatic rings. The molecule has 192 valence electrons. The number of hydrogen-bond donors (Lipinski definition) is 1. The quantitative estimate of drug-likeness (QED) is 0.288. The number of alkyl halides is 3. The number of aryl methyl sites for hydroxylation is 1. The van der Waals surface area contributed by atoms with Gasteiger partial charge in [-0.25, -0.2) is 9.59 Å². The van der Waals surface area contributed by atoms with Crippen LogP contribution in [0, 0.1) is 0 Å². The number of esters is 2. The molecule has 1 aliphatic carbocycles. The number of thiophene rings is 1. The molecule has 2 fully saturated rings. The summed E-state index contributed by atoms with van der Waals surface area (Å²) in [6.45, 7) is 1.73. The Bertz CT molecular complexity index is 1240. The maximum Gasteiger partial charge on any atom is 0.491 e. The molecule has 9 heteroatoms. The zero-order valence-electron chi connectivity index (χ0n) is 19.9. The lowest BCUT2D eigenvalue weighted by Crippen LogP contribution is -2.27. The van der Waals surface area contributed by atoms with Crippen molar-refractivity contribution in [1.82, 2.24) is 9.88 Å². The van der Waals surface area contributed by atoms with Gasteiger partial charge in [-0.2, -0.15) is 13.2 Å². The van der Waals surface area contributed by atoms with Gasteiger partial charge in [-0.1, -0.05) is 49.6 Å². The van der Waals surface area contributed by atoms with Crippen LogP contribution in [-0.4, -0.2) is 35.3 Å². The average molecular weight is 519 g/mol. The van der Waals surface area contributed by atoms with Crippen LogP contribution in [0.5, 0.6) is 0 Å². The van der Waals surface area contributed by atoms with Crippen molar-refractivity contribution in [3.05, 3.63) is 46.8 Å². The van der Waals surface area contributed by atoms with E-state index in [-0.39, 0.29) is 4.88 Å². The van der Waals surface area contributed by atoms with Crippen LogP contribution in [0.2, 0.25) is 0 Å². The molecule has 1 aliphatic heterocycles. The van der Waals surface area contributed by atoms with Gasteiger partial charge in [0.1, 0.15) is 4.88 Å². The minimum atomic E-state index is -5.22. The molecule has 0 spiro atoms. The summed E-state index contributed by atoms with van der Waals surface area (Å²) in [4.78, 5) is 23.9. The Morgan fingerprint density at radius 3 is 2.47 bits per heavy atom. The number of fused-ring (bicyclic) bond motifs is 1. The number of aromatic nitrogens is 1. The normalized spacial score (nSPS) is 19.1. The Labute approximate surface area is 211 Å². The highest BCUT2D eigenvalue weighted by Gasteiger charge is 2.43. The lowest BCUT2D eigenvalue weighted by atomic mass is 9.83. The number of nitrogens with one attached hydrogen (secondary N) is 1. The average Bonchev–Trinajstić information content (AvgIpc) is 3.59. The summed E-state index contributed by atoms with van der Waals surface area (Å²) in [5.41, 5.74) is 4.22. The number of ether oxygens (including phenoxy) is 1. The first kappa shape index (κ1) is 25.0. The number of carbonyl (C=O) groups excluding carboxylic acids is 2. The van der Waals surface area contributed by atoms with Crippen LogP contribution in [0.15, 0.2) is 36.4 Å². The van der Waals surface area contributed by atoms with E-state index in [1.54, 1.807) is 6.07 Å².